The van der Waals surface area contributed by atoms with E-state index in [2.05, 4.69) is 0 Å². The Labute approximate surface area is 141 Å². The van der Waals surface area contributed by atoms with Crippen molar-refractivity contribution in [3.05, 3.63) is 35.6 Å². The van der Waals surface area contributed by atoms with Crippen molar-refractivity contribution in [2.45, 2.75) is 58.3 Å². The van der Waals surface area contributed by atoms with E-state index in [1.54, 1.807) is 17.0 Å². The van der Waals surface area contributed by atoms with E-state index < -0.39 is 11.7 Å². The quantitative estimate of drug-likeness (QED) is 0.770. The van der Waals surface area contributed by atoms with Crippen LogP contribution in [-0.2, 0) is 14.3 Å². The summed E-state index contributed by atoms with van der Waals surface area (Å²) < 4.78 is 24.0. The molecule has 1 aliphatic heterocycles. The van der Waals surface area contributed by atoms with E-state index in [9.17, 15) is 14.0 Å². The number of amides is 1. The van der Waals surface area contributed by atoms with Crippen LogP contribution in [0.15, 0.2) is 24.3 Å². The van der Waals surface area contributed by atoms with Crippen LogP contribution < -0.4 is 0 Å². The maximum absolute atomic E-state index is 13.2. The highest BCUT2D eigenvalue weighted by Gasteiger charge is 2.36. The molecule has 1 aliphatic rings. The van der Waals surface area contributed by atoms with Crippen LogP contribution in [0, 0.1) is 5.82 Å². The zero-order chi connectivity index (χ0) is 17.9. The number of ether oxygens (including phenoxy) is 2. The zero-order valence-corrected chi connectivity index (χ0v) is 14.5. The third-order valence-corrected chi connectivity index (χ3v) is 3.77. The first-order chi connectivity index (χ1) is 11.2. The minimum absolute atomic E-state index is 0.267. The van der Waals surface area contributed by atoms with Crippen LogP contribution in [0.25, 0.3) is 0 Å². The van der Waals surface area contributed by atoms with Crippen LogP contribution in [0.1, 0.15) is 52.1 Å². The number of carbonyl (C=O) groups excluding carboxylic acids is 2. The highest BCUT2D eigenvalue weighted by Crippen LogP contribution is 2.33. The second kappa shape index (κ2) is 7.20. The number of carbonyl (C=O) groups is 2. The van der Waals surface area contributed by atoms with Crippen molar-refractivity contribution in [2.75, 3.05) is 6.54 Å². The second-order valence-corrected chi connectivity index (χ2v) is 7.00. The summed E-state index contributed by atoms with van der Waals surface area (Å²) in [5.41, 5.74) is 0.191. The van der Waals surface area contributed by atoms with Gasteiger partial charge in [0.1, 0.15) is 17.5 Å². The van der Waals surface area contributed by atoms with Gasteiger partial charge >= 0.3 is 12.1 Å². The summed E-state index contributed by atoms with van der Waals surface area (Å²) in [6.45, 7) is 7.21. The molecule has 1 heterocycles. The molecule has 1 amide bonds. The number of nitrogens with zero attached hydrogens (tertiary/aromatic N) is 1. The fourth-order valence-corrected chi connectivity index (χ4v) is 2.81. The predicted molar refractivity (Wildman–Crippen MR) is 86.9 cm³/mol. The van der Waals surface area contributed by atoms with Gasteiger partial charge in [0.15, 0.2) is 0 Å². The van der Waals surface area contributed by atoms with Gasteiger partial charge in [0.25, 0.3) is 0 Å². The molecule has 132 valence electrons. The fourth-order valence-electron chi connectivity index (χ4n) is 2.81. The molecule has 0 spiro atoms. The highest BCUT2D eigenvalue weighted by atomic mass is 19.1. The lowest BCUT2D eigenvalue weighted by Gasteiger charge is -2.39. The van der Waals surface area contributed by atoms with Crippen molar-refractivity contribution >= 4 is 12.1 Å². The van der Waals surface area contributed by atoms with E-state index in [0.29, 0.717) is 19.4 Å². The van der Waals surface area contributed by atoms with Crippen LogP contribution in [0.3, 0.4) is 0 Å². The molecule has 0 bridgehead atoms. The first-order valence-electron chi connectivity index (χ1n) is 8.08. The maximum Gasteiger partial charge on any atom is 0.410 e. The Morgan fingerprint density at radius 1 is 1.21 bits per heavy atom. The Morgan fingerprint density at radius 3 is 2.38 bits per heavy atom. The predicted octanol–water partition coefficient (Wildman–Crippen LogP) is 3.83. The third kappa shape index (κ3) is 4.94. The molecule has 1 aromatic carbocycles. The molecule has 6 heteroatoms. The van der Waals surface area contributed by atoms with Crippen LogP contribution in [0.2, 0.25) is 0 Å². The number of benzene rings is 1. The maximum atomic E-state index is 13.2. The number of hydrogen-bond acceptors (Lipinski definition) is 4. The first-order valence-corrected chi connectivity index (χ1v) is 8.08. The van der Waals surface area contributed by atoms with E-state index in [4.69, 9.17) is 9.47 Å². The largest absolute Gasteiger partial charge is 0.462 e. The topological polar surface area (TPSA) is 55.8 Å². The van der Waals surface area contributed by atoms with E-state index in [1.807, 2.05) is 20.8 Å². The molecular formula is C18H24FNO4. The van der Waals surface area contributed by atoms with Gasteiger partial charge in [-0.1, -0.05) is 12.1 Å². The van der Waals surface area contributed by atoms with Gasteiger partial charge in [-0.15, -0.1) is 0 Å². The molecule has 5 nitrogen and oxygen atoms in total. The van der Waals surface area contributed by atoms with Crippen LogP contribution in [-0.4, -0.2) is 35.2 Å². The van der Waals surface area contributed by atoms with Crippen LogP contribution in [0.4, 0.5) is 9.18 Å². The molecule has 1 saturated heterocycles. The average Bonchev–Trinajstić information content (AvgIpc) is 2.45. The Bertz CT molecular complexity index is 594. The first kappa shape index (κ1) is 18.2. The molecular weight excluding hydrogens is 313 g/mol. The smallest absolute Gasteiger partial charge is 0.410 e. The van der Waals surface area contributed by atoms with Crippen molar-refractivity contribution < 1.29 is 23.5 Å². The summed E-state index contributed by atoms with van der Waals surface area (Å²) in [5, 5.41) is 0. The summed E-state index contributed by atoms with van der Waals surface area (Å²) in [6.07, 6.45) is 0.329. The minimum Gasteiger partial charge on any atom is -0.462 e. The standard InChI is InChI=1S/C18H24FNO4/c1-12(21)23-15-9-10-20(17(22)24-18(2,3)4)16(11-15)13-5-7-14(19)8-6-13/h5-8,15-16H,9-11H2,1-4H3/t15-,16-/m1/s1. The lowest BCUT2D eigenvalue weighted by Crippen LogP contribution is -2.45. The number of esters is 1. The number of hydrogen-bond donors (Lipinski definition) is 0. The monoisotopic (exact) mass is 337 g/mol. The molecule has 2 rings (SSSR count). The summed E-state index contributed by atoms with van der Waals surface area (Å²) in [7, 11) is 0. The molecule has 1 fully saturated rings. The Morgan fingerprint density at radius 2 is 1.83 bits per heavy atom. The van der Waals surface area contributed by atoms with Crippen molar-refractivity contribution in [1.82, 2.24) is 4.90 Å². The van der Waals surface area contributed by atoms with Crippen molar-refractivity contribution in [1.29, 1.82) is 0 Å². The molecule has 0 saturated carbocycles. The zero-order valence-electron chi connectivity index (χ0n) is 14.5. The van der Waals surface area contributed by atoms with Gasteiger partial charge in [0.2, 0.25) is 0 Å². The molecule has 24 heavy (non-hydrogen) atoms. The van der Waals surface area contributed by atoms with E-state index in [1.165, 1.54) is 19.1 Å². The third-order valence-electron chi connectivity index (χ3n) is 3.77. The van der Waals surface area contributed by atoms with Crippen molar-refractivity contribution in [2.24, 2.45) is 0 Å². The molecule has 0 radical (unpaired) electrons. The van der Waals surface area contributed by atoms with Gasteiger partial charge in [-0.3, -0.25) is 4.79 Å². The lowest BCUT2D eigenvalue weighted by atomic mass is 9.93. The van der Waals surface area contributed by atoms with E-state index >= 15 is 0 Å². The number of halogens is 1. The fraction of sp³-hybridized carbons (Fsp3) is 0.556. The van der Waals surface area contributed by atoms with E-state index in [-0.39, 0.29) is 23.9 Å². The number of likely N-dealkylation sites (tertiary alicyclic amines) is 1. The van der Waals surface area contributed by atoms with Gasteiger partial charge in [0, 0.05) is 26.3 Å². The number of piperidine rings is 1. The summed E-state index contributed by atoms with van der Waals surface area (Å²) in [6, 6.07) is 5.69. The van der Waals surface area contributed by atoms with Gasteiger partial charge in [-0.05, 0) is 38.5 Å². The summed E-state index contributed by atoms with van der Waals surface area (Å²) in [4.78, 5) is 25.4. The molecule has 0 aromatic heterocycles. The SMILES string of the molecule is CC(=O)O[C@@H]1CCN(C(=O)OC(C)(C)C)[C@@H](c2ccc(F)cc2)C1. The van der Waals surface area contributed by atoms with E-state index in [0.717, 1.165) is 5.56 Å². The normalized spacial score (nSPS) is 21.3. The second-order valence-electron chi connectivity index (χ2n) is 7.00. The van der Waals surface area contributed by atoms with Gasteiger partial charge in [-0.25, -0.2) is 9.18 Å². The highest BCUT2D eigenvalue weighted by molar-refractivity contribution is 5.69. The molecule has 0 unspecified atom stereocenters. The molecule has 0 aliphatic carbocycles. The Hall–Kier alpha value is -2.11. The van der Waals surface area contributed by atoms with Crippen molar-refractivity contribution in [3.63, 3.8) is 0 Å². The average molecular weight is 337 g/mol. The van der Waals surface area contributed by atoms with Crippen LogP contribution in [0.5, 0.6) is 0 Å². The van der Waals surface area contributed by atoms with Gasteiger partial charge in [0.05, 0.1) is 6.04 Å². The number of rotatable bonds is 2. The van der Waals surface area contributed by atoms with Crippen molar-refractivity contribution in [3.8, 4) is 0 Å². The van der Waals surface area contributed by atoms with Gasteiger partial charge < -0.3 is 14.4 Å². The summed E-state index contributed by atoms with van der Waals surface area (Å²) in [5.74, 6) is -0.682. The van der Waals surface area contributed by atoms with Gasteiger partial charge in [-0.2, -0.15) is 0 Å². The Kier molecular flexibility index (Phi) is 5.47. The lowest BCUT2D eigenvalue weighted by molar-refractivity contribution is -0.149. The molecule has 2 atom stereocenters. The van der Waals surface area contributed by atoms with Crippen LogP contribution >= 0.6 is 0 Å². The molecule has 1 aromatic rings. The minimum atomic E-state index is -0.600. The molecule has 0 N–H and O–H groups in total. The summed E-state index contributed by atoms with van der Waals surface area (Å²) >= 11 is 0. The Balaban J connectivity index is 2.22.